The summed E-state index contributed by atoms with van der Waals surface area (Å²) in [4.78, 5) is 59.6. The van der Waals surface area contributed by atoms with Gasteiger partial charge in [0.15, 0.2) is 0 Å². The lowest BCUT2D eigenvalue weighted by Gasteiger charge is -2.24. The van der Waals surface area contributed by atoms with Crippen LogP contribution in [-0.4, -0.2) is 47.9 Å². The molecule has 272 valence electrons. The monoisotopic (exact) mass is 792 g/mol. The summed E-state index contributed by atoms with van der Waals surface area (Å²) in [6.07, 6.45) is -1.72. The smallest absolute Gasteiger partial charge is 0.424 e. The molecule has 0 fully saturated rings. The van der Waals surface area contributed by atoms with Crippen molar-refractivity contribution in [3.63, 3.8) is 0 Å². The van der Waals surface area contributed by atoms with Crippen molar-refractivity contribution in [1.82, 2.24) is 18.2 Å². The van der Waals surface area contributed by atoms with E-state index in [-0.39, 0.29) is 30.2 Å². The Morgan fingerprint density at radius 2 is 1.45 bits per heavy atom. The minimum Gasteiger partial charge on any atom is -0.444 e. The quantitative estimate of drug-likeness (QED) is 0.150. The van der Waals surface area contributed by atoms with Crippen molar-refractivity contribution in [2.75, 3.05) is 0 Å². The average Bonchev–Trinajstić information content (AvgIpc) is 4.01. The van der Waals surface area contributed by atoms with Gasteiger partial charge in [-0.2, -0.15) is 18.9 Å². The number of thiophene rings is 2. The van der Waals surface area contributed by atoms with Crippen molar-refractivity contribution in [3.05, 3.63) is 125 Å². The van der Waals surface area contributed by atoms with Crippen molar-refractivity contribution >= 4 is 111 Å². The van der Waals surface area contributed by atoms with Crippen LogP contribution < -0.4 is 0 Å². The number of imide groups is 3. The number of aromatic nitrogens is 3. The SMILES string of the molecule is CC1=C(C#N)C(=O)N(C(=O)OCc2ccccc2)C(=O)C1=Nc1ccc(-c2cc3c(s2)c2sc4ccccc4c2n3C(=O)OCc2ccccc2)c2nsnc12. The number of nitrogens with zero attached hydrogens (tertiary/aromatic N) is 6. The van der Waals surface area contributed by atoms with Crippen LogP contribution in [0, 0.1) is 11.3 Å². The molecule has 15 heteroatoms. The first-order chi connectivity index (χ1) is 27.3. The highest BCUT2D eigenvalue weighted by atomic mass is 32.1. The van der Waals surface area contributed by atoms with Gasteiger partial charge in [0.1, 0.15) is 41.6 Å². The van der Waals surface area contributed by atoms with Gasteiger partial charge < -0.3 is 9.47 Å². The standard InChI is InChI=1S/C41H24N6O6S3/c1-22-27(19-42)38(48)47(41(51)53-21-24-12-6-3-7-13-24)39(49)32(22)43-28-17-16-25(33-34(28)45-56-44-33)31-18-29-36(55-31)37-35(26-14-8-9-15-30(26)54-37)46(29)40(50)52-20-23-10-4-2-5-11-23/h2-18H,20-21H2,1H3. The third-order valence-electron chi connectivity index (χ3n) is 9.28. The molecule has 9 rings (SSSR count). The molecule has 4 aromatic heterocycles. The summed E-state index contributed by atoms with van der Waals surface area (Å²) < 4.78 is 24.8. The van der Waals surface area contributed by atoms with Crippen molar-refractivity contribution in [3.8, 4) is 16.5 Å². The van der Waals surface area contributed by atoms with Crippen molar-refractivity contribution in [2.24, 2.45) is 4.99 Å². The predicted molar refractivity (Wildman–Crippen MR) is 215 cm³/mol. The summed E-state index contributed by atoms with van der Waals surface area (Å²) >= 11 is 4.06. The molecule has 1 aliphatic rings. The number of benzene rings is 4. The third kappa shape index (κ3) is 5.84. The lowest BCUT2D eigenvalue weighted by atomic mass is 9.99. The van der Waals surface area contributed by atoms with Crippen LogP contribution in [0.4, 0.5) is 15.3 Å². The number of carbonyl (C=O) groups is 4. The van der Waals surface area contributed by atoms with E-state index in [4.69, 9.17) is 9.47 Å². The summed E-state index contributed by atoms with van der Waals surface area (Å²) in [5.41, 5.74) is 4.14. The number of amides is 3. The average molecular weight is 793 g/mol. The van der Waals surface area contributed by atoms with Gasteiger partial charge in [-0.15, -0.1) is 22.7 Å². The highest BCUT2D eigenvalue weighted by molar-refractivity contribution is 7.32. The zero-order chi connectivity index (χ0) is 38.5. The molecule has 0 N–H and O–H groups in total. The van der Waals surface area contributed by atoms with Crippen LogP contribution in [0.2, 0.25) is 0 Å². The van der Waals surface area contributed by atoms with Gasteiger partial charge in [0.2, 0.25) is 0 Å². The zero-order valence-electron chi connectivity index (χ0n) is 29.1. The van der Waals surface area contributed by atoms with Crippen LogP contribution in [-0.2, 0) is 32.3 Å². The number of fused-ring (bicyclic) bond motifs is 6. The molecule has 0 spiro atoms. The summed E-state index contributed by atoms with van der Waals surface area (Å²) in [6.45, 7) is 1.35. The molecule has 0 saturated carbocycles. The number of ether oxygens (including phenoxy) is 2. The largest absolute Gasteiger partial charge is 0.444 e. The van der Waals surface area contributed by atoms with E-state index in [1.165, 1.54) is 18.3 Å². The molecule has 56 heavy (non-hydrogen) atoms. The Hall–Kier alpha value is -6.86. The maximum atomic E-state index is 13.9. The molecule has 4 aromatic carbocycles. The maximum absolute atomic E-state index is 13.9. The molecule has 1 aliphatic heterocycles. The molecule has 0 bridgehead atoms. The minimum atomic E-state index is -1.22. The lowest BCUT2D eigenvalue weighted by Crippen LogP contribution is -2.50. The number of hydrogen-bond donors (Lipinski definition) is 0. The second-order valence-corrected chi connectivity index (χ2v) is 15.3. The Labute approximate surface area is 329 Å². The van der Waals surface area contributed by atoms with Crippen LogP contribution in [0.15, 0.2) is 119 Å². The summed E-state index contributed by atoms with van der Waals surface area (Å²) in [5, 5.41) is 10.8. The molecule has 12 nitrogen and oxygen atoms in total. The highest BCUT2D eigenvalue weighted by Gasteiger charge is 2.42. The molecule has 0 saturated heterocycles. The van der Waals surface area contributed by atoms with E-state index in [9.17, 15) is 24.4 Å². The van der Waals surface area contributed by atoms with Crippen molar-refractivity contribution < 1.29 is 28.7 Å². The second kappa shape index (κ2) is 14.1. The highest BCUT2D eigenvalue weighted by Crippen LogP contribution is 2.47. The van der Waals surface area contributed by atoms with Gasteiger partial charge in [-0.05, 0) is 42.3 Å². The molecule has 0 aliphatic carbocycles. The Bertz CT molecular complexity index is 3040. The van der Waals surface area contributed by atoms with Crippen LogP contribution >= 0.6 is 34.4 Å². The van der Waals surface area contributed by atoms with E-state index < -0.39 is 29.6 Å². The van der Waals surface area contributed by atoms with Gasteiger partial charge in [0.25, 0.3) is 11.8 Å². The van der Waals surface area contributed by atoms with Crippen molar-refractivity contribution in [2.45, 2.75) is 20.1 Å². The van der Waals surface area contributed by atoms with E-state index in [1.54, 1.807) is 58.4 Å². The molecule has 0 unspecified atom stereocenters. The third-order valence-corrected chi connectivity index (χ3v) is 12.3. The van der Waals surface area contributed by atoms with Gasteiger partial charge in [0, 0.05) is 26.1 Å². The fourth-order valence-electron chi connectivity index (χ4n) is 6.57. The second-order valence-electron chi connectivity index (χ2n) is 12.6. The molecular weight excluding hydrogens is 769 g/mol. The topological polar surface area (TPSA) is 157 Å². The molecular formula is C41H24N6O6S3. The van der Waals surface area contributed by atoms with Gasteiger partial charge in [0.05, 0.1) is 37.8 Å². The van der Waals surface area contributed by atoms with Gasteiger partial charge in [-0.1, -0.05) is 78.9 Å². The number of aliphatic imine (C=N–C) groups is 1. The molecule has 8 aromatic rings. The Morgan fingerprint density at radius 3 is 2.16 bits per heavy atom. The summed E-state index contributed by atoms with van der Waals surface area (Å²) in [6, 6.07) is 33.4. The van der Waals surface area contributed by atoms with E-state index in [0.29, 0.717) is 27.0 Å². The number of hydrogen-bond acceptors (Lipinski definition) is 13. The molecule has 0 atom stereocenters. The molecule has 5 heterocycles. The lowest BCUT2D eigenvalue weighted by molar-refractivity contribution is -0.136. The number of nitriles is 1. The Balaban J connectivity index is 1.10. The zero-order valence-corrected chi connectivity index (χ0v) is 31.5. The molecule has 0 radical (unpaired) electrons. The fourth-order valence-corrected chi connectivity index (χ4v) is 9.63. The van der Waals surface area contributed by atoms with Gasteiger partial charge in [-0.25, -0.2) is 19.1 Å². The van der Waals surface area contributed by atoms with Crippen LogP contribution in [0.25, 0.3) is 52.0 Å². The van der Waals surface area contributed by atoms with Crippen LogP contribution in [0.5, 0.6) is 0 Å². The first-order valence-electron chi connectivity index (χ1n) is 17.0. The normalized spacial score (nSPS) is 14.1. The first-order valence-corrected chi connectivity index (χ1v) is 19.4. The number of rotatable bonds is 6. The predicted octanol–water partition coefficient (Wildman–Crippen LogP) is 9.55. The van der Waals surface area contributed by atoms with E-state index in [0.717, 1.165) is 52.7 Å². The summed E-state index contributed by atoms with van der Waals surface area (Å²) in [5.74, 6) is -2.12. The van der Waals surface area contributed by atoms with Gasteiger partial charge in [-0.3, -0.25) is 9.59 Å². The Kier molecular flexibility index (Phi) is 8.77. The van der Waals surface area contributed by atoms with Gasteiger partial charge >= 0.3 is 12.2 Å². The van der Waals surface area contributed by atoms with Crippen LogP contribution in [0.3, 0.4) is 0 Å². The first kappa shape index (κ1) is 34.9. The van der Waals surface area contributed by atoms with E-state index >= 15 is 0 Å². The number of carbonyl (C=O) groups excluding carboxylic acids is 4. The molecule has 3 amide bonds. The van der Waals surface area contributed by atoms with E-state index in [1.807, 2.05) is 66.7 Å². The van der Waals surface area contributed by atoms with Crippen LogP contribution in [0.1, 0.15) is 18.1 Å². The fraction of sp³-hybridized carbons (Fsp3) is 0.0732. The van der Waals surface area contributed by atoms with E-state index in [2.05, 4.69) is 13.7 Å². The minimum absolute atomic E-state index is 0.0167. The van der Waals surface area contributed by atoms with Crippen molar-refractivity contribution in [1.29, 1.82) is 5.26 Å². The Morgan fingerprint density at radius 1 is 0.786 bits per heavy atom. The summed E-state index contributed by atoms with van der Waals surface area (Å²) in [7, 11) is 0. The maximum Gasteiger partial charge on any atom is 0.424 e.